The fourth-order valence-electron chi connectivity index (χ4n) is 2.14. The molecule has 1 aromatic carbocycles. The summed E-state index contributed by atoms with van der Waals surface area (Å²) < 4.78 is 27.8. The van der Waals surface area contributed by atoms with Gasteiger partial charge in [-0.25, -0.2) is 4.98 Å². The van der Waals surface area contributed by atoms with E-state index >= 15 is 0 Å². The number of nitro groups is 1. The van der Waals surface area contributed by atoms with Crippen molar-refractivity contribution < 1.29 is 23.3 Å². The molecule has 0 spiro atoms. The summed E-state index contributed by atoms with van der Waals surface area (Å²) in [5, 5.41) is 14.6. The molecule has 0 saturated carbocycles. The zero-order valence-electron chi connectivity index (χ0n) is 14.5. The van der Waals surface area contributed by atoms with Crippen molar-refractivity contribution in [2.24, 2.45) is 0 Å². The summed E-state index contributed by atoms with van der Waals surface area (Å²) in [5.74, 6) is -0.566. The molecule has 0 aliphatic carbocycles. The fraction of sp³-hybridized carbons (Fsp3) is 0.267. The third-order valence-corrected chi connectivity index (χ3v) is 6.07. The Bertz CT molecular complexity index is 890. The van der Waals surface area contributed by atoms with E-state index in [-0.39, 0.29) is 28.0 Å². The van der Waals surface area contributed by atoms with Gasteiger partial charge in [-0.2, -0.15) is 0 Å². The standard InChI is InChI=1S/C15H16Cl2N3O6P/c1-9(27(23,24-2)25-3)19-13-7-11(4-5-14(13)20(21)22)26-15-12(17)6-10(16)8-18-15/h4-9,19H,1-3H3. The van der Waals surface area contributed by atoms with E-state index in [1.54, 1.807) is 0 Å². The monoisotopic (exact) mass is 435 g/mol. The Labute approximate surface area is 165 Å². The number of hydrogen-bond acceptors (Lipinski definition) is 8. The van der Waals surface area contributed by atoms with E-state index in [9.17, 15) is 14.7 Å². The van der Waals surface area contributed by atoms with Crippen LogP contribution in [0.15, 0.2) is 30.5 Å². The fourth-order valence-corrected chi connectivity index (χ4v) is 3.63. The molecule has 1 unspecified atom stereocenters. The third kappa shape index (κ3) is 5.09. The van der Waals surface area contributed by atoms with Gasteiger partial charge in [0.1, 0.15) is 22.2 Å². The van der Waals surface area contributed by atoms with Crippen LogP contribution in [0.2, 0.25) is 10.0 Å². The molecule has 0 radical (unpaired) electrons. The van der Waals surface area contributed by atoms with Crippen molar-refractivity contribution in [3.8, 4) is 11.6 Å². The summed E-state index contributed by atoms with van der Waals surface area (Å²) in [6, 6.07) is 5.42. The number of ether oxygens (including phenoxy) is 1. The quantitative estimate of drug-likeness (QED) is 0.336. The lowest BCUT2D eigenvalue weighted by Gasteiger charge is -2.22. The first-order chi connectivity index (χ1) is 12.7. The molecule has 27 heavy (non-hydrogen) atoms. The maximum Gasteiger partial charge on any atom is 0.351 e. The minimum absolute atomic E-state index is 0.0596. The molecule has 9 nitrogen and oxygen atoms in total. The summed E-state index contributed by atoms with van der Waals surface area (Å²) in [6.07, 6.45) is 1.35. The molecule has 146 valence electrons. The van der Waals surface area contributed by atoms with E-state index < -0.39 is 18.3 Å². The molecule has 1 N–H and O–H groups in total. The molecule has 0 aliphatic rings. The van der Waals surface area contributed by atoms with Gasteiger partial charge in [0, 0.05) is 32.5 Å². The number of anilines is 1. The van der Waals surface area contributed by atoms with Crippen LogP contribution in [-0.2, 0) is 13.6 Å². The zero-order valence-corrected chi connectivity index (χ0v) is 16.9. The Morgan fingerprint density at radius 1 is 1.26 bits per heavy atom. The van der Waals surface area contributed by atoms with Crippen molar-refractivity contribution >= 4 is 42.2 Å². The van der Waals surface area contributed by atoms with Gasteiger partial charge < -0.3 is 19.1 Å². The number of nitrogens with one attached hydrogen (secondary N) is 1. The van der Waals surface area contributed by atoms with Gasteiger partial charge in [0.2, 0.25) is 5.88 Å². The second kappa shape index (κ2) is 8.86. The van der Waals surface area contributed by atoms with Gasteiger partial charge in [-0.3, -0.25) is 14.7 Å². The zero-order chi connectivity index (χ0) is 20.2. The number of nitro benzene ring substituents is 1. The van der Waals surface area contributed by atoms with Crippen LogP contribution in [-0.4, -0.2) is 29.9 Å². The summed E-state index contributed by atoms with van der Waals surface area (Å²) in [5.41, 5.74) is -0.187. The predicted molar refractivity (Wildman–Crippen MR) is 102 cm³/mol. The van der Waals surface area contributed by atoms with Gasteiger partial charge in [0.15, 0.2) is 0 Å². The van der Waals surface area contributed by atoms with Crippen molar-refractivity contribution in [3.63, 3.8) is 0 Å². The van der Waals surface area contributed by atoms with Crippen LogP contribution in [0.4, 0.5) is 11.4 Å². The number of pyridine rings is 1. The first-order valence-corrected chi connectivity index (χ1v) is 9.82. The molecule has 12 heteroatoms. The second-order valence-corrected chi connectivity index (χ2v) is 8.63. The smallest absolute Gasteiger partial charge is 0.351 e. The highest BCUT2D eigenvalue weighted by Gasteiger charge is 2.31. The van der Waals surface area contributed by atoms with Gasteiger partial charge >= 0.3 is 7.60 Å². The molecule has 0 fully saturated rings. The van der Waals surface area contributed by atoms with E-state index in [1.807, 2.05) is 0 Å². The Kier molecular flexibility index (Phi) is 7.02. The van der Waals surface area contributed by atoms with E-state index in [2.05, 4.69) is 10.3 Å². The van der Waals surface area contributed by atoms with Crippen LogP contribution in [0.5, 0.6) is 11.6 Å². The van der Waals surface area contributed by atoms with Crippen LogP contribution < -0.4 is 10.1 Å². The lowest BCUT2D eigenvalue weighted by molar-refractivity contribution is -0.384. The molecule has 1 heterocycles. The topological polar surface area (TPSA) is 113 Å². The average Bonchev–Trinajstić information content (AvgIpc) is 2.63. The Morgan fingerprint density at radius 2 is 1.93 bits per heavy atom. The lowest BCUT2D eigenvalue weighted by atomic mass is 10.2. The highest BCUT2D eigenvalue weighted by molar-refractivity contribution is 7.54. The van der Waals surface area contributed by atoms with Crippen molar-refractivity contribution in [1.29, 1.82) is 0 Å². The first-order valence-electron chi connectivity index (χ1n) is 7.45. The lowest BCUT2D eigenvalue weighted by Crippen LogP contribution is -2.18. The Hall–Kier alpha value is -1.90. The van der Waals surface area contributed by atoms with E-state index in [0.717, 1.165) is 0 Å². The van der Waals surface area contributed by atoms with Gasteiger partial charge in [-0.15, -0.1) is 0 Å². The maximum absolute atomic E-state index is 12.4. The van der Waals surface area contributed by atoms with Crippen molar-refractivity contribution in [2.45, 2.75) is 12.7 Å². The first kappa shape index (κ1) is 21.4. The van der Waals surface area contributed by atoms with E-state index in [0.29, 0.717) is 5.02 Å². The highest BCUT2D eigenvalue weighted by Crippen LogP contribution is 2.52. The summed E-state index contributed by atoms with van der Waals surface area (Å²) in [7, 11) is -1.05. The van der Waals surface area contributed by atoms with Gasteiger partial charge in [-0.1, -0.05) is 23.2 Å². The molecule has 0 aliphatic heterocycles. The largest absolute Gasteiger partial charge is 0.437 e. The number of benzene rings is 1. The highest BCUT2D eigenvalue weighted by atomic mass is 35.5. The van der Waals surface area contributed by atoms with Gasteiger partial charge in [0.05, 0.1) is 9.95 Å². The number of rotatable bonds is 8. The summed E-state index contributed by atoms with van der Waals surface area (Å²) in [4.78, 5) is 14.7. The van der Waals surface area contributed by atoms with E-state index in [1.165, 1.54) is 51.6 Å². The molecule has 2 rings (SSSR count). The molecule has 0 bridgehead atoms. The van der Waals surface area contributed by atoms with Crippen LogP contribution in [0.1, 0.15) is 6.92 Å². The van der Waals surface area contributed by atoms with Crippen molar-refractivity contribution in [1.82, 2.24) is 4.98 Å². The molecule has 1 atom stereocenters. The summed E-state index contributed by atoms with van der Waals surface area (Å²) >= 11 is 11.8. The Balaban J connectivity index is 2.36. The molecule has 0 saturated heterocycles. The number of hydrogen-bond donors (Lipinski definition) is 1. The minimum atomic E-state index is -3.51. The minimum Gasteiger partial charge on any atom is -0.437 e. The number of aromatic nitrogens is 1. The van der Waals surface area contributed by atoms with Crippen LogP contribution in [0.3, 0.4) is 0 Å². The second-order valence-electron chi connectivity index (χ2n) is 5.20. The normalized spacial score (nSPS) is 12.5. The van der Waals surface area contributed by atoms with Crippen LogP contribution in [0.25, 0.3) is 0 Å². The maximum atomic E-state index is 12.4. The van der Waals surface area contributed by atoms with E-state index in [4.69, 9.17) is 37.0 Å². The predicted octanol–water partition coefficient (Wildman–Crippen LogP) is 5.33. The molecular weight excluding hydrogens is 420 g/mol. The summed E-state index contributed by atoms with van der Waals surface area (Å²) in [6.45, 7) is 1.52. The SMILES string of the molecule is COP(=O)(OC)C(C)Nc1cc(Oc2ncc(Cl)cc2Cl)ccc1[N+](=O)[O-]. The molecular formula is C15H16Cl2N3O6P. The third-order valence-electron chi connectivity index (χ3n) is 3.50. The molecule has 2 aromatic rings. The molecule has 1 aromatic heterocycles. The Morgan fingerprint density at radius 3 is 2.48 bits per heavy atom. The van der Waals surface area contributed by atoms with Gasteiger partial charge in [-0.05, 0) is 19.1 Å². The average molecular weight is 436 g/mol. The van der Waals surface area contributed by atoms with Crippen molar-refractivity contribution in [2.75, 3.05) is 19.5 Å². The number of halogens is 2. The van der Waals surface area contributed by atoms with Crippen LogP contribution in [0, 0.1) is 10.1 Å². The van der Waals surface area contributed by atoms with Gasteiger partial charge in [0.25, 0.3) is 5.69 Å². The number of nitrogens with zero attached hydrogens (tertiary/aromatic N) is 2. The molecule has 0 amide bonds. The van der Waals surface area contributed by atoms with Crippen molar-refractivity contribution in [3.05, 3.63) is 50.6 Å². The van der Waals surface area contributed by atoms with Crippen LogP contribution >= 0.6 is 30.8 Å².